The smallest absolute Gasteiger partial charge is 0.408 e. The first kappa shape index (κ1) is 20.6. The van der Waals surface area contributed by atoms with Crippen LogP contribution in [0.1, 0.15) is 37.6 Å². The van der Waals surface area contributed by atoms with E-state index in [9.17, 15) is 29.4 Å². The number of amides is 2. The molecule has 0 bridgehead atoms. The van der Waals surface area contributed by atoms with Crippen molar-refractivity contribution in [3.05, 3.63) is 35.9 Å². The second-order valence-corrected chi connectivity index (χ2v) is 8.52. The third kappa shape index (κ3) is 3.90. The molecular formula is C20H24N2O7. The summed E-state index contributed by atoms with van der Waals surface area (Å²) < 4.78 is 5.17. The highest BCUT2D eigenvalue weighted by molar-refractivity contribution is 5.95. The number of carboxylic acid groups (broad SMARTS) is 2. The van der Waals surface area contributed by atoms with Gasteiger partial charge in [0.25, 0.3) is 5.91 Å². The largest absolute Gasteiger partial charge is 0.481 e. The molecule has 2 amide bonds. The summed E-state index contributed by atoms with van der Waals surface area (Å²) in [7, 11) is 0. The van der Waals surface area contributed by atoms with Crippen molar-refractivity contribution in [3.8, 4) is 0 Å². The zero-order chi connectivity index (χ0) is 21.6. The first-order valence-electron chi connectivity index (χ1n) is 9.29. The summed E-state index contributed by atoms with van der Waals surface area (Å²) in [6.07, 6.45) is -1.07. The molecule has 5 atom stereocenters. The van der Waals surface area contributed by atoms with Gasteiger partial charge in [0.15, 0.2) is 0 Å². The van der Waals surface area contributed by atoms with E-state index in [-0.39, 0.29) is 6.42 Å². The van der Waals surface area contributed by atoms with Crippen molar-refractivity contribution in [2.45, 2.75) is 44.4 Å². The van der Waals surface area contributed by atoms with Gasteiger partial charge in [-0.05, 0) is 38.8 Å². The lowest BCUT2D eigenvalue weighted by molar-refractivity contribution is -0.147. The number of hydrogen-bond donors (Lipinski definition) is 4. The summed E-state index contributed by atoms with van der Waals surface area (Å²) in [5, 5.41) is 24.6. The molecule has 0 saturated heterocycles. The molecule has 156 valence electrons. The molecule has 1 aromatic rings. The summed E-state index contributed by atoms with van der Waals surface area (Å²) in [6.45, 7) is 4.91. The van der Waals surface area contributed by atoms with Crippen LogP contribution in [0.25, 0.3) is 0 Å². The maximum absolute atomic E-state index is 12.5. The lowest BCUT2D eigenvalue weighted by atomic mass is 9.89. The third-order valence-corrected chi connectivity index (χ3v) is 5.39. The van der Waals surface area contributed by atoms with Gasteiger partial charge in [-0.25, -0.2) is 9.59 Å². The van der Waals surface area contributed by atoms with Crippen LogP contribution in [0.3, 0.4) is 0 Å². The van der Waals surface area contributed by atoms with Crippen LogP contribution in [0.15, 0.2) is 30.3 Å². The minimum Gasteiger partial charge on any atom is -0.481 e. The molecule has 2 saturated carbocycles. The second-order valence-electron chi connectivity index (χ2n) is 8.52. The van der Waals surface area contributed by atoms with Crippen LogP contribution < -0.4 is 10.6 Å². The molecule has 9 heteroatoms. The number of ether oxygens (including phenoxy) is 1. The number of carbonyl (C=O) groups is 4. The van der Waals surface area contributed by atoms with Crippen molar-refractivity contribution in [1.82, 2.24) is 10.6 Å². The van der Waals surface area contributed by atoms with E-state index >= 15 is 0 Å². The molecule has 0 spiro atoms. The van der Waals surface area contributed by atoms with E-state index in [2.05, 4.69) is 10.6 Å². The van der Waals surface area contributed by atoms with Crippen LogP contribution in [0.2, 0.25) is 0 Å². The summed E-state index contributed by atoms with van der Waals surface area (Å²) in [4.78, 5) is 48.6. The summed E-state index contributed by atoms with van der Waals surface area (Å²) in [6, 6.07) is 7.63. The molecular weight excluding hydrogens is 380 g/mol. The molecule has 9 nitrogen and oxygen atoms in total. The van der Waals surface area contributed by atoms with Gasteiger partial charge in [0, 0.05) is 23.9 Å². The van der Waals surface area contributed by atoms with E-state index < -0.39 is 58.9 Å². The third-order valence-electron chi connectivity index (χ3n) is 5.39. The lowest BCUT2D eigenvalue weighted by Crippen LogP contribution is -2.58. The minimum atomic E-state index is -1.83. The van der Waals surface area contributed by atoms with E-state index in [0.29, 0.717) is 5.56 Å². The number of hydrogen-bond acceptors (Lipinski definition) is 5. The van der Waals surface area contributed by atoms with Gasteiger partial charge in [-0.3, -0.25) is 9.59 Å². The second kappa shape index (κ2) is 7.06. The SMILES string of the molecule is CC(C)(C)OC(=O)NC1(C(=O)O)CC(NC(=O)c2ccccc2)C2C(C(=O)O)C21. The van der Waals surface area contributed by atoms with Crippen molar-refractivity contribution in [3.63, 3.8) is 0 Å². The van der Waals surface area contributed by atoms with Gasteiger partial charge < -0.3 is 25.6 Å². The molecule has 3 rings (SSSR count). The van der Waals surface area contributed by atoms with Crippen molar-refractivity contribution < 1.29 is 34.1 Å². The Hall–Kier alpha value is -3.10. The van der Waals surface area contributed by atoms with Crippen molar-refractivity contribution >= 4 is 23.9 Å². The van der Waals surface area contributed by atoms with Gasteiger partial charge in [-0.1, -0.05) is 18.2 Å². The van der Waals surface area contributed by atoms with Crippen LogP contribution >= 0.6 is 0 Å². The number of carboxylic acids is 2. The molecule has 0 aliphatic heterocycles. The van der Waals surface area contributed by atoms with Gasteiger partial charge in [0.1, 0.15) is 11.1 Å². The number of carbonyl (C=O) groups excluding carboxylic acids is 2. The van der Waals surface area contributed by atoms with E-state index in [0.717, 1.165) is 0 Å². The summed E-state index contributed by atoms with van der Waals surface area (Å²) in [5.74, 6) is -5.34. The Morgan fingerprint density at radius 1 is 1.10 bits per heavy atom. The molecule has 4 N–H and O–H groups in total. The van der Waals surface area contributed by atoms with Crippen molar-refractivity contribution in [2.24, 2.45) is 17.8 Å². The highest BCUT2D eigenvalue weighted by Crippen LogP contribution is 2.62. The van der Waals surface area contributed by atoms with Crippen LogP contribution in [-0.2, 0) is 14.3 Å². The molecule has 29 heavy (non-hydrogen) atoms. The van der Waals surface area contributed by atoms with Crippen LogP contribution in [0, 0.1) is 17.8 Å². The zero-order valence-corrected chi connectivity index (χ0v) is 16.3. The number of nitrogens with one attached hydrogen (secondary N) is 2. The average Bonchev–Trinajstić information content (AvgIpc) is 3.28. The number of benzene rings is 1. The Morgan fingerprint density at radius 3 is 2.24 bits per heavy atom. The topological polar surface area (TPSA) is 142 Å². The monoisotopic (exact) mass is 404 g/mol. The normalized spacial score (nSPS) is 30.0. The fraction of sp³-hybridized carbons (Fsp3) is 0.500. The summed E-state index contributed by atoms with van der Waals surface area (Å²) in [5.41, 5.74) is -2.30. The zero-order valence-electron chi connectivity index (χ0n) is 16.3. The Bertz CT molecular complexity index is 848. The average molecular weight is 404 g/mol. The predicted octanol–water partition coefficient (Wildman–Crippen LogP) is 1.48. The van der Waals surface area contributed by atoms with E-state index in [4.69, 9.17) is 4.74 Å². The molecule has 5 unspecified atom stereocenters. The molecule has 2 fully saturated rings. The van der Waals surface area contributed by atoms with Gasteiger partial charge in [-0.2, -0.15) is 0 Å². The first-order valence-corrected chi connectivity index (χ1v) is 9.29. The number of rotatable bonds is 5. The predicted molar refractivity (Wildman–Crippen MR) is 100 cm³/mol. The Balaban J connectivity index is 1.84. The van der Waals surface area contributed by atoms with E-state index in [1.54, 1.807) is 51.1 Å². The standard InChI is InChI=1S/C20H24N2O7/c1-19(2,3)29-18(28)22-20(17(26)27)9-11(12-13(14(12)20)16(24)25)21-15(23)10-7-5-4-6-8-10/h4-8,11-14H,9H2,1-3H3,(H,21,23)(H,22,28)(H,24,25)(H,26,27). The van der Waals surface area contributed by atoms with E-state index in [1.165, 1.54) is 0 Å². The van der Waals surface area contributed by atoms with Gasteiger partial charge in [-0.15, -0.1) is 0 Å². The maximum Gasteiger partial charge on any atom is 0.408 e. The Labute approximate surface area is 167 Å². The molecule has 0 radical (unpaired) electrons. The number of aliphatic carboxylic acids is 2. The molecule has 0 aromatic heterocycles. The highest BCUT2D eigenvalue weighted by atomic mass is 16.6. The quantitative estimate of drug-likeness (QED) is 0.582. The fourth-order valence-electron chi connectivity index (χ4n) is 4.30. The Morgan fingerprint density at radius 2 is 1.72 bits per heavy atom. The number of alkyl carbamates (subject to hydrolysis) is 1. The van der Waals surface area contributed by atoms with E-state index in [1.807, 2.05) is 0 Å². The van der Waals surface area contributed by atoms with Gasteiger partial charge in [0.05, 0.1) is 5.92 Å². The van der Waals surface area contributed by atoms with Crippen molar-refractivity contribution in [2.75, 3.05) is 0 Å². The first-order chi connectivity index (χ1) is 13.5. The van der Waals surface area contributed by atoms with Crippen molar-refractivity contribution in [1.29, 1.82) is 0 Å². The molecule has 0 heterocycles. The highest BCUT2D eigenvalue weighted by Gasteiger charge is 2.76. The molecule has 1 aromatic carbocycles. The molecule has 2 aliphatic carbocycles. The van der Waals surface area contributed by atoms with Crippen LogP contribution in [0.5, 0.6) is 0 Å². The van der Waals surface area contributed by atoms with Gasteiger partial charge in [0.2, 0.25) is 0 Å². The fourth-order valence-corrected chi connectivity index (χ4v) is 4.30. The van der Waals surface area contributed by atoms with Gasteiger partial charge >= 0.3 is 18.0 Å². The summed E-state index contributed by atoms with van der Waals surface area (Å²) >= 11 is 0. The minimum absolute atomic E-state index is 0.126. The Kier molecular flexibility index (Phi) is 5.02. The number of fused-ring (bicyclic) bond motifs is 1. The maximum atomic E-state index is 12.5. The lowest BCUT2D eigenvalue weighted by Gasteiger charge is -2.31. The molecule has 2 aliphatic rings. The van der Waals surface area contributed by atoms with Crippen LogP contribution in [0.4, 0.5) is 4.79 Å². The van der Waals surface area contributed by atoms with Crippen LogP contribution in [-0.4, -0.2) is 51.3 Å².